The second kappa shape index (κ2) is 14.8. The Morgan fingerprint density at radius 2 is 1.27 bits per heavy atom. The highest BCUT2D eigenvalue weighted by atomic mass is 19.4. The minimum Gasteiger partial charge on any atom is -0.392 e. The van der Waals surface area contributed by atoms with Crippen molar-refractivity contribution in [3.8, 4) is 0 Å². The lowest BCUT2D eigenvalue weighted by Crippen LogP contribution is -2.46. The van der Waals surface area contributed by atoms with E-state index in [1.54, 1.807) is 4.90 Å². The van der Waals surface area contributed by atoms with Gasteiger partial charge in [0.25, 0.3) is 5.91 Å². The first-order chi connectivity index (χ1) is 24.4. The molecule has 1 amide bonds. The lowest BCUT2D eigenvalue weighted by molar-refractivity contribution is -0.118. The Hall–Kier alpha value is -5.17. The van der Waals surface area contributed by atoms with Gasteiger partial charge < -0.3 is 15.3 Å². The number of ketones is 2. The Morgan fingerprint density at radius 1 is 0.769 bits per heavy atom. The number of aliphatic hydroxyl groups is 1. The lowest BCUT2D eigenvalue weighted by Gasteiger charge is -2.36. The maximum Gasteiger partial charge on any atom is 0.436 e. The number of pyridine rings is 1. The van der Waals surface area contributed by atoms with Crippen molar-refractivity contribution in [2.75, 3.05) is 38.1 Å². The largest absolute Gasteiger partial charge is 0.436 e. The third-order valence-electron chi connectivity index (χ3n) is 8.37. The molecule has 52 heavy (non-hydrogen) atoms. The highest BCUT2D eigenvalue weighted by molar-refractivity contribution is 6.44. The third-order valence-corrected chi connectivity index (χ3v) is 8.37. The molecule has 3 aliphatic rings. The van der Waals surface area contributed by atoms with E-state index in [2.05, 4.69) is 20.3 Å². The molecule has 3 aromatic rings. The van der Waals surface area contributed by atoms with E-state index in [1.807, 2.05) is 4.90 Å². The number of halogens is 9. The average molecular weight is 743 g/mol. The van der Waals surface area contributed by atoms with Crippen LogP contribution >= 0.6 is 0 Å². The maximum absolute atomic E-state index is 15.0. The van der Waals surface area contributed by atoms with Gasteiger partial charge in [-0.1, -0.05) is 12.1 Å². The van der Waals surface area contributed by atoms with Crippen LogP contribution in [0.4, 0.5) is 56.6 Å². The van der Waals surface area contributed by atoms with Crippen LogP contribution < -0.4 is 10.2 Å². The average Bonchev–Trinajstić information content (AvgIpc) is 3.09. The molecule has 1 fully saturated rings. The summed E-state index contributed by atoms with van der Waals surface area (Å²) < 4.78 is 119. The number of nitrogens with zero attached hydrogens (tertiary/aromatic N) is 5. The van der Waals surface area contributed by atoms with Crippen molar-refractivity contribution >= 4 is 46.0 Å². The summed E-state index contributed by atoms with van der Waals surface area (Å²) in [5.74, 6) is -5.42. The Balaban J connectivity index is 0.000000244. The van der Waals surface area contributed by atoms with Crippen LogP contribution in [0.2, 0.25) is 0 Å². The Labute approximate surface area is 288 Å². The molecule has 0 spiro atoms. The normalized spacial score (nSPS) is 16.3. The van der Waals surface area contributed by atoms with E-state index in [4.69, 9.17) is 5.11 Å². The fourth-order valence-electron chi connectivity index (χ4n) is 5.71. The number of amides is 1. The molecule has 0 radical (unpaired) electrons. The molecule has 6 rings (SSSR count). The number of aliphatic hydroxyl groups excluding tert-OH is 1. The van der Waals surface area contributed by atoms with Gasteiger partial charge in [0.2, 0.25) is 5.95 Å². The van der Waals surface area contributed by atoms with Crippen molar-refractivity contribution in [3.63, 3.8) is 0 Å². The Morgan fingerprint density at radius 3 is 1.73 bits per heavy atom. The van der Waals surface area contributed by atoms with Crippen LogP contribution in [-0.4, -0.2) is 89.5 Å². The highest BCUT2D eigenvalue weighted by Crippen LogP contribution is 2.35. The van der Waals surface area contributed by atoms with Crippen molar-refractivity contribution in [1.29, 1.82) is 0 Å². The fourth-order valence-corrected chi connectivity index (χ4v) is 5.71. The van der Waals surface area contributed by atoms with Crippen LogP contribution in [-0.2, 0) is 35.6 Å². The molecule has 4 heterocycles. The van der Waals surface area contributed by atoms with Gasteiger partial charge >= 0.3 is 12.4 Å². The first-order valence-electron chi connectivity index (χ1n) is 15.4. The summed E-state index contributed by atoms with van der Waals surface area (Å²) in [4.78, 5) is 48.6. The first-order valence-corrected chi connectivity index (χ1v) is 15.4. The minimum atomic E-state index is -4.89. The van der Waals surface area contributed by atoms with E-state index in [0.29, 0.717) is 26.2 Å². The number of alkyl halides is 6. The molecule has 0 aliphatic carbocycles. The molecule has 19 heteroatoms. The number of Topliss-reactive ketones (excluding diaryl/α,β-unsaturated/α-hetero) is 2. The van der Waals surface area contributed by atoms with Gasteiger partial charge in [0.1, 0.15) is 17.3 Å². The van der Waals surface area contributed by atoms with Crippen LogP contribution in [0.1, 0.15) is 32.7 Å². The Bertz CT molecular complexity index is 1990. The van der Waals surface area contributed by atoms with Crippen molar-refractivity contribution in [3.05, 3.63) is 81.9 Å². The molecule has 0 bridgehead atoms. The molecule has 276 valence electrons. The van der Waals surface area contributed by atoms with Gasteiger partial charge in [-0.05, 0) is 24.3 Å². The highest BCUT2D eigenvalue weighted by Gasteiger charge is 2.44. The Kier molecular flexibility index (Phi) is 10.9. The summed E-state index contributed by atoms with van der Waals surface area (Å²) in [6.07, 6.45) is -11.1. The van der Waals surface area contributed by atoms with Crippen LogP contribution in [0.15, 0.2) is 46.4 Å². The molecule has 2 aromatic carbocycles. The van der Waals surface area contributed by atoms with E-state index < -0.39 is 78.3 Å². The molecule has 2 N–H and O–H groups in total. The predicted octanol–water partition coefficient (Wildman–Crippen LogP) is 4.88. The molecular weight excluding hydrogens is 715 g/mol. The number of hydrogen-bond acceptors (Lipinski definition) is 9. The summed E-state index contributed by atoms with van der Waals surface area (Å²) in [6.45, 7) is 1.34. The lowest BCUT2D eigenvalue weighted by atomic mass is 9.97. The number of carbonyl (C=O) groups is 3. The zero-order valence-corrected chi connectivity index (χ0v) is 26.9. The van der Waals surface area contributed by atoms with Gasteiger partial charge in [-0.3, -0.25) is 19.3 Å². The van der Waals surface area contributed by atoms with Crippen molar-refractivity contribution < 1.29 is 59.0 Å². The zero-order chi connectivity index (χ0) is 38.1. The third kappa shape index (κ3) is 7.99. The quantitative estimate of drug-likeness (QED) is 0.282. The van der Waals surface area contributed by atoms with Gasteiger partial charge in [0.15, 0.2) is 23.0 Å². The van der Waals surface area contributed by atoms with Crippen LogP contribution in [0.5, 0.6) is 0 Å². The fraction of sp³-hybridized carbons (Fsp3) is 0.333. The first kappa shape index (κ1) is 38.1. The van der Waals surface area contributed by atoms with E-state index in [-0.39, 0.29) is 51.6 Å². The summed E-state index contributed by atoms with van der Waals surface area (Å²) in [6, 6.07) is 7.87. The van der Waals surface area contributed by atoms with Gasteiger partial charge in [-0.25, -0.2) is 23.7 Å². The van der Waals surface area contributed by atoms with Gasteiger partial charge in [0, 0.05) is 74.9 Å². The summed E-state index contributed by atoms with van der Waals surface area (Å²) in [7, 11) is 1.42. The van der Waals surface area contributed by atoms with Crippen LogP contribution in [0.3, 0.4) is 0 Å². The smallest absolute Gasteiger partial charge is 0.392 e. The van der Waals surface area contributed by atoms with Crippen molar-refractivity contribution in [1.82, 2.24) is 15.2 Å². The van der Waals surface area contributed by atoms with Crippen molar-refractivity contribution in [2.45, 2.75) is 38.3 Å². The molecular formula is C33H27F9N6O4. The molecule has 0 atom stereocenters. The zero-order valence-electron chi connectivity index (χ0n) is 26.9. The summed E-state index contributed by atoms with van der Waals surface area (Å²) in [5, 5.41) is 11.2. The van der Waals surface area contributed by atoms with E-state index in [0.717, 1.165) is 12.1 Å². The number of aliphatic imine (C=N–C) groups is 2. The van der Waals surface area contributed by atoms with Gasteiger partial charge in [-0.2, -0.15) is 30.7 Å². The molecule has 0 unspecified atom stereocenters. The SMILES string of the molecule is CNC(=O)c1ccc(N2CCN(Cc3ccc4c(c3F)CC(=O)C(C(F)(F)F)=N4)CC2)c(F)n1.O=C1Cc2c(ccc(CO)c2F)N=C1C(F)(F)F. The monoisotopic (exact) mass is 742 g/mol. The van der Waals surface area contributed by atoms with E-state index >= 15 is 4.39 Å². The summed E-state index contributed by atoms with van der Waals surface area (Å²) in [5.41, 5.74) is -3.42. The number of aromatic nitrogens is 1. The molecule has 10 nitrogen and oxygen atoms in total. The summed E-state index contributed by atoms with van der Waals surface area (Å²) >= 11 is 0. The van der Waals surface area contributed by atoms with Gasteiger partial charge in [0.05, 0.1) is 23.7 Å². The number of piperazine rings is 1. The van der Waals surface area contributed by atoms with Gasteiger partial charge in [-0.15, -0.1) is 0 Å². The van der Waals surface area contributed by atoms with Crippen molar-refractivity contribution in [2.24, 2.45) is 9.98 Å². The van der Waals surface area contributed by atoms with Crippen LogP contribution in [0.25, 0.3) is 0 Å². The number of benzene rings is 2. The second-order valence-electron chi connectivity index (χ2n) is 11.7. The minimum absolute atomic E-state index is 0.0320. The molecule has 1 aromatic heterocycles. The molecule has 0 saturated carbocycles. The van der Waals surface area contributed by atoms with E-state index in [1.165, 1.54) is 31.3 Å². The maximum atomic E-state index is 15.0. The van der Waals surface area contributed by atoms with E-state index in [9.17, 15) is 49.5 Å². The van der Waals surface area contributed by atoms with Crippen LogP contribution in [0, 0.1) is 17.6 Å². The number of rotatable bonds is 5. The molecule has 1 saturated heterocycles. The standard InChI is InChI=1S/C22H20F5N5O2.C11H7F4NO2/c1-28-21(34)15-4-5-16(20(24)30-15)32-8-6-31(7-9-32)11-12-2-3-14-13(18(12)23)10-17(33)19(29-14)22(25,26)27;12-9-5(4-17)1-2-7-6(9)3-8(18)10(16-7)11(13,14)15/h2-5H,6-11H2,1H3,(H,28,34);1-2,17H,3-4H2. The number of fused-ring (bicyclic) bond motifs is 2. The topological polar surface area (TPSA) is 128 Å². The number of nitrogens with one attached hydrogen (secondary N) is 1. The second-order valence-corrected chi connectivity index (χ2v) is 11.7. The number of anilines is 1. The predicted molar refractivity (Wildman–Crippen MR) is 168 cm³/mol. The molecule has 3 aliphatic heterocycles. The number of carbonyl (C=O) groups excluding carboxylic acids is 3. The number of hydrogen-bond donors (Lipinski definition) is 2.